The van der Waals surface area contributed by atoms with Crippen LogP contribution in [0.3, 0.4) is 0 Å². The van der Waals surface area contributed by atoms with E-state index in [-0.39, 0.29) is 6.04 Å². The van der Waals surface area contributed by atoms with Crippen LogP contribution >= 0.6 is 0 Å². The fraction of sp³-hybridized carbons (Fsp3) is 0.312. The van der Waals surface area contributed by atoms with Gasteiger partial charge in [0.05, 0.1) is 6.04 Å². The highest BCUT2D eigenvalue weighted by Gasteiger charge is 2.17. The number of aromatic nitrogens is 1. The van der Waals surface area contributed by atoms with E-state index < -0.39 is 0 Å². The molecular weight excluding hydrogens is 234 g/mol. The molecule has 0 spiro atoms. The number of rotatable bonds is 4. The van der Waals surface area contributed by atoms with Gasteiger partial charge in [0.15, 0.2) is 0 Å². The Labute approximate surface area is 114 Å². The molecule has 3 nitrogen and oxygen atoms in total. The molecule has 0 aliphatic carbocycles. The lowest BCUT2D eigenvalue weighted by molar-refractivity contribution is 0.627. The second kappa shape index (κ2) is 5.95. The molecule has 0 aliphatic rings. The highest BCUT2D eigenvalue weighted by atomic mass is 15.2. The monoisotopic (exact) mass is 255 g/mol. The van der Waals surface area contributed by atoms with Crippen molar-refractivity contribution in [3.63, 3.8) is 0 Å². The number of hydrogen-bond donors (Lipinski definition) is 2. The quantitative estimate of drug-likeness (QED) is 0.652. The van der Waals surface area contributed by atoms with E-state index in [0.717, 1.165) is 6.42 Å². The Kier molecular flexibility index (Phi) is 4.30. The number of aryl methyl sites for hydroxylation is 3. The second-order valence-electron chi connectivity index (χ2n) is 4.89. The first-order chi connectivity index (χ1) is 9.17. The molecule has 1 heterocycles. The van der Waals surface area contributed by atoms with Crippen LogP contribution in [-0.2, 0) is 6.42 Å². The highest BCUT2D eigenvalue weighted by molar-refractivity contribution is 5.41. The molecule has 2 rings (SSSR count). The first-order valence-electron chi connectivity index (χ1n) is 6.63. The minimum atomic E-state index is 0.0119. The number of hydrazine groups is 1. The number of nitrogens with zero attached hydrogens (tertiary/aromatic N) is 1. The third-order valence-corrected chi connectivity index (χ3v) is 3.55. The van der Waals surface area contributed by atoms with Crippen LogP contribution in [-0.4, -0.2) is 4.98 Å². The van der Waals surface area contributed by atoms with E-state index in [0.29, 0.717) is 0 Å². The van der Waals surface area contributed by atoms with Crippen LogP contribution in [0.5, 0.6) is 0 Å². The van der Waals surface area contributed by atoms with Gasteiger partial charge in [0.2, 0.25) is 0 Å². The fourth-order valence-electron chi connectivity index (χ4n) is 2.43. The summed E-state index contributed by atoms with van der Waals surface area (Å²) in [5, 5.41) is 0. The Balaban J connectivity index is 2.53. The van der Waals surface area contributed by atoms with Crippen LogP contribution < -0.4 is 11.3 Å². The topological polar surface area (TPSA) is 50.9 Å². The van der Waals surface area contributed by atoms with Gasteiger partial charge in [0.25, 0.3) is 0 Å². The van der Waals surface area contributed by atoms with E-state index in [1.165, 1.54) is 27.8 Å². The van der Waals surface area contributed by atoms with Crippen molar-refractivity contribution in [3.8, 4) is 0 Å². The molecule has 19 heavy (non-hydrogen) atoms. The number of nitrogens with one attached hydrogen (secondary N) is 1. The minimum absolute atomic E-state index is 0.0119. The average Bonchev–Trinajstić information content (AvgIpc) is 2.44. The molecule has 3 heteroatoms. The summed E-state index contributed by atoms with van der Waals surface area (Å²) in [5.74, 6) is 5.81. The van der Waals surface area contributed by atoms with Crippen molar-refractivity contribution < 1.29 is 0 Å². The van der Waals surface area contributed by atoms with E-state index >= 15 is 0 Å². The average molecular weight is 255 g/mol. The normalized spacial score (nSPS) is 12.4. The second-order valence-corrected chi connectivity index (χ2v) is 4.89. The van der Waals surface area contributed by atoms with Crippen LogP contribution in [0.25, 0.3) is 0 Å². The summed E-state index contributed by atoms with van der Waals surface area (Å²) in [4.78, 5) is 4.20. The van der Waals surface area contributed by atoms with Crippen molar-refractivity contribution in [1.82, 2.24) is 10.4 Å². The van der Waals surface area contributed by atoms with Gasteiger partial charge in [0.1, 0.15) is 0 Å². The largest absolute Gasteiger partial charge is 0.271 e. The van der Waals surface area contributed by atoms with E-state index in [1.807, 2.05) is 18.5 Å². The van der Waals surface area contributed by atoms with Crippen LogP contribution in [0.4, 0.5) is 0 Å². The van der Waals surface area contributed by atoms with Gasteiger partial charge in [-0.25, -0.2) is 5.43 Å². The summed E-state index contributed by atoms with van der Waals surface area (Å²) in [6.45, 7) is 6.35. The number of nitrogens with two attached hydrogens (primary N) is 1. The predicted molar refractivity (Wildman–Crippen MR) is 78.7 cm³/mol. The van der Waals surface area contributed by atoms with Crippen molar-refractivity contribution in [1.29, 1.82) is 0 Å². The molecule has 3 N–H and O–H groups in total. The lowest BCUT2D eigenvalue weighted by Gasteiger charge is -2.21. The maximum atomic E-state index is 5.81. The first kappa shape index (κ1) is 13.7. The van der Waals surface area contributed by atoms with E-state index in [4.69, 9.17) is 5.84 Å². The Bertz CT molecular complexity index is 564. The highest BCUT2D eigenvalue weighted by Crippen LogP contribution is 2.27. The molecule has 0 saturated carbocycles. The number of benzene rings is 1. The zero-order chi connectivity index (χ0) is 13.8. The van der Waals surface area contributed by atoms with Gasteiger partial charge in [-0.05, 0) is 48.6 Å². The molecular formula is C16H21N3. The Morgan fingerprint density at radius 2 is 2.00 bits per heavy atom. The van der Waals surface area contributed by atoms with Crippen LogP contribution in [0, 0.1) is 13.8 Å². The molecule has 100 valence electrons. The number of pyridine rings is 1. The fourth-order valence-corrected chi connectivity index (χ4v) is 2.43. The van der Waals surface area contributed by atoms with Crippen LogP contribution in [0.15, 0.2) is 36.7 Å². The Morgan fingerprint density at radius 3 is 2.68 bits per heavy atom. The summed E-state index contributed by atoms with van der Waals surface area (Å²) < 4.78 is 0. The summed E-state index contributed by atoms with van der Waals surface area (Å²) >= 11 is 0. The Hall–Kier alpha value is -1.71. The molecule has 0 bridgehead atoms. The molecule has 1 aromatic heterocycles. The molecule has 2 aromatic rings. The van der Waals surface area contributed by atoms with Gasteiger partial charge in [0, 0.05) is 12.4 Å². The summed E-state index contributed by atoms with van der Waals surface area (Å²) in [7, 11) is 0. The van der Waals surface area contributed by atoms with Crippen molar-refractivity contribution in [2.24, 2.45) is 5.84 Å². The molecule has 0 aliphatic heterocycles. The molecule has 0 amide bonds. The molecule has 0 fully saturated rings. The van der Waals surface area contributed by atoms with Gasteiger partial charge in [-0.15, -0.1) is 0 Å². The van der Waals surface area contributed by atoms with Gasteiger partial charge >= 0.3 is 0 Å². The standard InChI is InChI=1S/C16H21N3/c1-4-13-10-18-8-7-14(13)16(19-17)15-9-11(2)5-6-12(15)3/h5-10,16,19H,4,17H2,1-3H3. The van der Waals surface area contributed by atoms with Crippen molar-refractivity contribution in [2.45, 2.75) is 33.2 Å². The predicted octanol–water partition coefficient (Wildman–Crippen LogP) is 2.81. The molecule has 1 aromatic carbocycles. The van der Waals surface area contributed by atoms with Crippen LogP contribution in [0.2, 0.25) is 0 Å². The van der Waals surface area contributed by atoms with Crippen molar-refractivity contribution in [3.05, 3.63) is 64.5 Å². The van der Waals surface area contributed by atoms with E-state index in [1.54, 1.807) is 0 Å². The third-order valence-electron chi connectivity index (χ3n) is 3.55. The first-order valence-corrected chi connectivity index (χ1v) is 6.63. The molecule has 1 unspecified atom stereocenters. The summed E-state index contributed by atoms with van der Waals surface area (Å²) in [6, 6.07) is 8.52. The van der Waals surface area contributed by atoms with Crippen molar-refractivity contribution >= 4 is 0 Å². The van der Waals surface area contributed by atoms with Gasteiger partial charge in [-0.1, -0.05) is 30.7 Å². The van der Waals surface area contributed by atoms with Gasteiger partial charge < -0.3 is 0 Å². The molecule has 0 saturated heterocycles. The van der Waals surface area contributed by atoms with Crippen molar-refractivity contribution in [2.75, 3.05) is 0 Å². The maximum absolute atomic E-state index is 5.81. The van der Waals surface area contributed by atoms with E-state index in [2.05, 4.69) is 49.4 Å². The van der Waals surface area contributed by atoms with E-state index in [9.17, 15) is 0 Å². The Morgan fingerprint density at radius 1 is 1.21 bits per heavy atom. The molecule has 1 atom stereocenters. The lowest BCUT2D eigenvalue weighted by atomic mass is 9.91. The summed E-state index contributed by atoms with van der Waals surface area (Å²) in [5.41, 5.74) is 9.09. The zero-order valence-corrected chi connectivity index (χ0v) is 11.8. The maximum Gasteiger partial charge on any atom is 0.0716 e. The minimum Gasteiger partial charge on any atom is -0.271 e. The molecule has 0 radical (unpaired) electrons. The van der Waals surface area contributed by atoms with Crippen LogP contribution in [0.1, 0.15) is 40.8 Å². The third kappa shape index (κ3) is 2.83. The summed E-state index contributed by atoms with van der Waals surface area (Å²) in [6.07, 6.45) is 4.70. The zero-order valence-electron chi connectivity index (χ0n) is 11.8. The van der Waals surface area contributed by atoms with Gasteiger partial charge in [-0.2, -0.15) is 0 Å². The lowest BCUT2D eigenvalue weighted by Crippen LogP contribution is -2.30. The smallest absolute Gasteiger partial charge is 0.0716 e. The number of hydrogen-bond acceptors (Lipinski definition) is 3. The van der Waals surface area contributed by atoms with Gasteiger partial charge in [-0.3, -0.25) is 10.8 Å². The SMILES string of the molecule is CCc1cnccc1C(NN)c1cc(C)ccc1C.